The largest absolute Gasteiger partial charge is 0.481 e. The van der Waals surface area contributed by atoms with Gasteiger partial charge in [0, 0.05) is 25.7 Å². The first-order valence-electron chi connectivity index (χ1n) is 8.53. The average molecular weight is 336 g/mol. The van der Waals surface area contributed by atoms with Crippen LogP contribution in [0.25, 0.3) is 0 Å². The molecule has 2 aliphatic heterocycles. The third-order valence-corrected chi connectivity index (χ3v) is 5.17. The number of fused-ring (bicyclic) bond motifs is 1. The summed E-state index contributed by atoms with van der Waals surface area (Å²) >= 11 is 0. The number of hydrogen-bond donors (Lipinski definition) is 0. The van der Waals surface area contributed by atoms with Crippen molar-refractivity contribution in [3.8, 4) is 11.9 Å². The lowest BCUT2D eigenvalue weighted by Gasteiger charge is -2.39. The fraction of sp³-hybridized carbons (Fsp3) is 0.444. The molecule has 0 radical (unpaired) electrons. The van der Waals surface area contributed by atoms with Gasteiger partial charge in [0.05, 0.1) is 13.2 Å². The number of nitrogens with zero attached hydrogens (tertiary/aromatic N) is 6. The predicted molar refractivity (Wildman–Crippen MR) is 93.6 cm³/mol. The van der Waals surface area contributed by atoms with E-state index in [1.807, 2.05) is 18.2 Å². The van der Waals surface area contributed by atoms with Crippen LogP contribution in [-0.4, -0.2) is 47.7 Å². The van der Waals surface area contributed by atoms with Crippen molar-refractivity contribution < 1.29 is 4.74 Å². The molecule has 0 saturated carbocycles. The summed E-state index contributed by atoms with van der Waals surface area (Å²) in [5.74, 6) is 3.04. The van der Waals surface area contributed by atoms with Crippen molar-refractivity contribution in [2.24, 2.45) is 5.92 Å². The standard InChI is InChI=1S/C18H20N6O/c1-25-18-9-17(20-12-21-18)23-7-5-13-6-8-24(15(13)11-23)16-4-2-3-14(10-19)22-16/h2-4,9,12-13,15H,5-8,11H2,1H3. The average Bonchev–Trinajstić information content (AvgIpc) is 3.11. The van der Waals surface area contributed by atoms with E-state index in [0.29, 0.717) is 23.5 Å². The second-order valence-corrected chi connectivity index (χ2v) is 6.46. The van der Waals surface area contributed by atoms with Crippen LogP contribution in [-0.2, 0) is 0 Å². The van der Waals surface area contributed by atoms with E-state index in [1.165, 1.54) is 6.42 Å². The Hall–Kier alpha value is -2.88. The van der Waals surface area contributed by atoms with Crippen molar-refractivity contribution in [2.75, 3.05) is 36.5 Å². The lowest BCUT2D eigenvalue weighted by molar-refractivity contribution is 0.383. The molecule has 2 atom stereocenters. The Morgan fingerprint density at radius 1 is 1.20 bits per heavy atom. The summed E-state index contributed by atoms with van der Waals surface area (Å²) in [6.07, 6.45) is 3.85. The molecule has 0 bridgehead atoms. The molecule has 2 aromatic heterocycles. The number of piperidine rings is 1. The van der Waals surface area contributed by atoms with Gasteiger partial charge in [-0.15, -0.1) is 0 Å². The van der Waals surface area contributed by atoms with Crippen LogP contribution >= 0.6 is 0 Å². The Bertz CT molecular complexity index is 804. The molecule has 2 aromatic rings. The maximum Gasteiger partial charge on any atom is 0.218 e. The van der Waals surface area contributed by atoms with E-state index >= 15 is 0 Å². The van der Waals surface area contributed by atoms with Crippen molar-refractivity contribution in [3.05, 3.63) is 36.3 Å². The minimum atomic E-state index is 0.385. The number of methoxy groups -OCH3 is 1. The van der Waals surface area contributed by atoms with E-state index in [1.54, 1.807) is 19.5 Å². The molecule has 2 unspecified atom stereocenters. The summed E-state index contributed by atoms with van der Waals surface area (Å²) in [7, 11) is 1.62. The number of hydrogen-bond acceptors (Lipinski definition) is 7. The molecular formula is C18H20N6O. The number of rotatable bonds is 3. The van der Waals surface area contributed by atoms with Crippen LogP contribution in [0, 0.1) is 17.2 Å². The molecule has 0 aliphatic carbocycles. The Balaban J connectivity index is 1.57. The van der Waals surface area contributed by atoms with Gasteiger partial charge in [-0.25, -0.2) is 15.0 Å². The number of nitriles is 1. The van der Waals surface area contributed by atoms with Gasteiger partial charge in [-0.05, 0) is 30.9 Å². The van der Waals surface area contributed by atoms with Crippen LogP contribution in [0.2, 0.25) is 0 Å². The first-order chi connectivity index (χ1) is 12.3. The van der Waals surface area contributed by atoms with E-state index in [-0.39, 0.29) is 0 Å². The quantitative estimate of drug-likeness (QED) is 0.846. The SMILES string of the molecule is COc1cc(N2CCC3CCN(c4cccc(C#N)n4)C3C2)ncn1. The van der Waals surface area contributed by atoms with Crippen LogP contribution in [0.4, 0.5) is 11.6 Å². The monoisotopic (exact) mass is 336 g/mol. The molecule has 0 spiro atoms. The summed E-state index contributed by atoms with van der Waals surface area (Å²) in [5.41, 5.74) is 0.467. The molecule has 4 rings (SSSR count). The van der Waals surface area contributed by atoms with Gasteiger partial charge < -0.3 is 14.5 Å². The zero-order valence-corrected chi connectivity index (χ0v) is 14.2. The van der Waals surface area contributed by atoms with Crippen molar-refractivity contribution in [3.63, 3.8) is 0 Å². The van der Waals surface area contributed by atoms with Gasteiger partial charge in [0.25, 0.3) is 0 Å². The van der Waals surface area contributed by atoms with E-state index in [4.69, 9.17) is 10.00 Å². The Morgan fingerprint density at radius 2 is 2.08 bits per heavy atom. The second kappa shape index (κ2) is 6.55. The van der Waals surface area contributed by atoms with E-state index < -0.39 is 0 Å². The van der Waals surface area contributed by atoms with Gasteiger partial charge in [0.1, 0.15) is 29.7 Å². The number of ether oxygens (including phenoxy) is 1. The second-order valence-electron chi connectivity index (χ2n) is 6.46. The molecule has 25 heavy (non-hydrogen) atoms. The molecule has 7 heteroatoms. The first-order valence-corrected chi connectivity index (χ1v) is 8.53. The molecule has 128 valence electrons. The molecule has 0 amide bonds. The first kappa shape index (κ1) is 15.6. The lowest BCUT2D eigenvalue weighted by Crippen LogP contribution is -2.48. The Labute approximate surface area is 146 Å². The molecule has 2 fully saturated rings. The summed E-state index contributed by atoms with van der Waals surface area (Å²) in [4.78, 5) is 17.6. The highest BCUT2D eigenvalue weighted by Crippen LogP contribution is 2.35. The summed E-state index contributed by atoms with van der Waals surface area (Å²) in [5, 5.41) is 9.11. The van der Waals surface area contributed by atoms with E-state index in [0.717, 1.165) is 37.7 Å². The summed E-state index contributed by atoms with van der Waals surface area (Å²) in [6, 6.07) is 10.0. The van der Waals surface area contributed by atoms with Crippen LogP contribution in [0.15, 0.2) is 30.6 Å². The van der Waals surface area contributed by atoms with Gasteiger partial charge >= 0.3 is 0 Å². The van der Waals surface area contributed by atoms with Crippen molar-refractivity contribution in [1.82, 2.24) is 15.0 Å². The molecule has 4 heterocycles. The lowest BCUT2D eigenvalue weighted by atomic mass is 9.92. The fourth-order valence-electron chi connectivity index (χ4n) is 3.89. The molecule has 2 saturated heterocycles. The number of aromatic nitrogens is 3. The zero-order valence-electron chi connectivity index (χ0n) is 14.2. The molecule has 2 aliphatic rings. The van der Waals surface area contributed by atoms with E-state index in [9.17, 15) is 0 Å². The van der Waals surface area contributed by atoms with E-state index in [2.05, 4.69) is 30.8 Å². The van der Waals surface area contributed by atoms with Crippen LogP contribution in [0.3, 0.4) is 0 Å². The third kappa shape index (κ3) is 2.95. The topological polar surface area (TPSA) is 78.2 Å². The highest BCUT2D eigenvalue weighted by atomic mass is 16.5. The van der Waals surface area contributed by atoms with Crippen LogP contribution < -0.4 is 14.5 Å². The van der Waals surface area contributed by atoms with Gasteiger partial charge in [0.2, 0.25) is 5.88 Å². The fourth-order valence-corrected chi connectivity index (χ4v) is 3.89. The normalized spacial score (nSPS) is 22.4. The smallest absolute Gasteiger partial charge is 0.218 e. The Kier molecular flexibility index (Phi) is 4.10. The molecular weight excluding hydrogens is 316 g/mol. The van der Waals surface area contributed by atoms with Gasteiger partial charge in [0.15, 0.2) is 0 Å². The van der Waals surface area contributed by atoms with Crippen molar-refractivity contribution >= 4 is 11.6 Å². The highest BCUT2D eigenvalue weighted by Gasteiger charge is 2.39. The summed E-state index contributed by atoms with van der Waals surface area (Å²) < 4.78 is 5.22. The minimum absolute atomic E-state index is 0.385. The van der Waals surface area contributed by atoms with Crippen molar-refractivity contribution in [1.29, 1.82) is 5.26 Å². The number of anilines is 2. The van der Waals surface area contributed by atoms with Gasteiger partial charge in [-0.1, -0.05) is 6.07 Å². The number of pyridine rings is 1. The molecule has 0 N–H and O–H groups in total. The predicted octanol–water partition coefficient (Wildman–Crippen LogP) is 1.86. The zero-order chi connectivity index (χ0) is 17.2. The van der Waals surface area contributed by atoms with Gasteiger partial charge in [-0.3, -0.25) is 0 Å². The molecule has 0 aromatic carbocycles. The third-order valence-electron chi connectivity index (χ3n) is 5.17. The highest BCUT2D eigenvalue weighted by molar-refractivity contribution is 5.48. The maximum absolute atomic E-state index is 9.11. The molecule has 7 nitrogen and oxygen atoms in total. The summed E-state index contributed by atoms with van der Waals surface area (Å²) in [6.45, 7) is 2.86. The van der Waals surface area contributed by atoms with Crippen LogP contribution in [0.5, 0.6) is 5.88 Å². The Morgan fingerprint density at radius 3 is 2.92 bits per heavy atom. The minimum Gasteiger partial charge on any atom is -0.481 e. The maximum atomic E-state index is 9.11. The van der Waals surface area contributed by atoms with Crippen LogP contribution in [0.1, 0.15) is 18.5 Å². The van der Waals surface area contributed by atoms with Crippen molar-refractivity contribution in [2.45, 2.75) is 18.9 Å². The van der Waals surface area contributed by atoms with Gasteiger partial charge in [-0.2, -0.15) is 5.26 Å².